The van der Waals surface area contributed by atoms with Crippen LogP contribution in [0.4, 0.5) is 16.0 Å². The third-order valence-corrected chi connectivity index (χ3v) is 2.28. The monoisotopic (exact) mass is 205 g/mol. The van der Waals surface area contributed by atoms with Gasteiger partial charge in [0.15, 0.2) is 0 Å². The number of hydrogen-bond acceptors (Lipinski definition) is 2. The first-order chi connectivity index (χ1) is 7.18. The number of nitrogens with one attached hydrogen (secondary N) is 1. The minimum Gasteiger partial charge on any atom is -0.323 e. The fourth-order valence-corrected chi connectivity index (χ4v) is 1.39. The van der Waals surface area contributed by atoms with E-state index < -0.39 is 0 Å². The summed E-state index contributed by atoms with van der Waals surface area (Å²) in [5, 5.41) is 2.97. The van der Waals surface area contributed by atoms with Gasteiger partial charge in [-0.1, -0.05) is 12.1 Å². The number of para-hydroxylation sites is 1. The van der Waals surface area contributed by atoms with Crippen LogP contribution in [0.5, 0.6) is 0 Å². The maximum absolute atomic E-state index is 13.5. The summed E-state index contributed by atoms with van der Waals surface area (Å²) in [6.45, 7) is 1.86. The zero-order valence-electron chi connectivity index (χ0n) is 8.66. The Morgan fingerprint density at radius 1 is 1.40 bits per heavy atom. The Morgan fingerprint density at radius 3 is 2.80 bits per heavy atom. The first-order valence-electron chi connectivity index (χ1n) is 4.68. The Labute approximate surface area is 87.6 Å². The van der Waals surface area contributed by atoms with Crippen LogP contribution in [0.1, 0.15) is 5.56 Å². The molecule has 0 atom stereocenters. The molecule has 0 spiro atoms. The number of anilines is 2. The van der Waals surface area contributed by atoms with Crippen molar-refractivity contribution in [1.82, 2.24) is 9.55 Å². The standard InChI is InChI=1S/C11H12FN3/c1-8-4-3-5-9(12)10(8)14-11-13-6-7-15(11)2/h3-7H,1-2H3,(H,13,14). The van der Waals surface area contributed by atoms with Crippen molar-refractivity contribution >= 4 is 11.6 Å². The molecule has 1 heterocycles. The van der Waals surface area contributed by atoms with Gasteiger partial charge in [-0.25, -0.2) is 9.37 Å². The molecule has 78 valence electrons. The van der Waals surface area contributed by atoms with Gasteiger partial charge < -0.3 is 9.88 Å². The summed E-state index contributed by atoms with van der Waals surface area (Å²) >= 11 is 0. The van der Waals surface area contributed by atoms with Crippen molar-refractivity contribution in [2.75, 3.05) is 5.32 Å². The minimum absolute atomic E-state index is 0.266. The first kappa shape index (κ1) is 9.71. The summed E-state index contributed by atoms with van der Waals surface area (Å²) < 4.78 is 15.3. The van der Waals surface area contributed by atoms with Crippen molar-refractivity contribution in [2.45, 2.75) is 6.92 Å². The molecule has 0 unspecified atom stereocenters. The number of aromatic nitrogens is 2. The van der Waals surface area contributed by atoms with Crippen molar-refractivity contribution in [1.29, 1.82) is 0 Å². The molecule has 2 aromatic rings. The van der Waals surface area contributed by atoms with Gasteiger partial charge in [0.25, 0.3) is 0 Å². The molecule has 0 bridgehead atoms. The fraction of sp³-hybridized carbons (Fsp3) is 0.182. The zero-order valence-corrected chi connectivity index (χ0v) is 8.66. The van der Waals surface area contributed by atoms with Crippen LogP contribution in [0.3, 0.4) is 0 Å². The molecular formula is C11H12FN3. The highest BCUT2D eigenvalue weighted by atomic mass is 19.1. The van der Waals surface area contributed by atoms with E-state index in [1.54, 1.807) is 23.0 Å². The van der Waals surface area contributed by atoms with Crippen LogP contribution in [-0.2, 0) is 7.05 Å². The van der Waals surface area contributed by atoms with Crippen molar-refractivity contribution in [3.63, 3.8) is 0 Å². The average molecular weight is 205 g/mol. The molecule has 1 aromatic carbocycles. The van der Waals surface area contributed by atoms with Gasteiger partial charge in [-0.2, -0.15) is 0 Å². The predicted molar refractivity (Wildman–Crippen MR) is 57.6 cm³/mol. The van der Waals surface area contributed by atoms with E-state index in [2.05, 4.69) is 10.3 Å². The second-order valence-electron chi connectivity index (χ2n) is 3.42. The number of imidazole rings is 1. The SMILES string of the molecule is Cc1cccc(F)c1Nc1nccn1C. The smallest absolute Gasteiger partial charge is 0.207 e. The Balaban J connectivity index is 2.36. The van der Waals surface area contributed by atoms with E-state index in [-0.39, 0.29) is 5.82 Å². The van der Waals surface area contributed by atoms with Crippen LogP contribution in [0, 0.1) is 12.7 Å². The van der Waals surface area contributed by atoms with Gasteiger partial charge in [0.2, 0.25) is 5.95 Å². The number of aryl methyl sites for hydroxylation is 2. The molecule has 0 saturated heterocycles. The Bertz CT molecular complexity index is 456. The first-order valence-corrected chi connectivity index (χ1v) is 4.68. The molecule has 2 rings (SSSR count). The molecule has 0 aliphatic carbocycles. The van der Waals surface area contributed by atoms with E-state index in [1.807, 2.05) is 20.0 Å². The van der Waals surface area contributed by atoms with E-state index in [1.165, 1.54) is 6.07 Å². The summed E-state index contributed by atoms with van der Waals surface area (Å²) in [5.41, 5.74) is 1.34. The number of benzene rings is 1. The second-order valence-corrected chi connectivity index (χ2v) is 3.42. The highest BCUT2D eigenvalue weighted by Crippen LogP contribution is 2.22. The molecule has 0 saturated carbocycles. The van der Waals surface area contributed by atoms with Crippen molar-refractivity contribution in [2.24, 2.45) is 7.05 Å². The molecule has 1 N–H and O–H groups in total. The van der Waals surface area contributed by atoms with E-state index >= 15 is 0 Å². The molecule has 3 nitrogen and oxygen atoms in total. The van der Waals surface area contributed by atoms with Gasteiger partial charge in [0, 0.05) is 19.4 Å². The summed E-state index contributed by atoms with van der Waals surface area (Å²) in [6, 6.07) is 4.97. The van der Waals surface area contributed by atoms with Gasteiger partial charge >= 0.3 is 0 Å². The van der Waals surface area contributed by atoms with Gasteiger partial charge in [-0.05, 0) is 18.6 Å². The van der Waals surface area contributed by atoms with Crippen LogP contribution in [0.15, 0.2) is 30.6 Å². The van der Waals surface area contributed by atoms with Gasteiger partial charge in [-0.3, -0.25) is 0 Å². The Kier molecular flexibility index (Phi) is 2.41. The lowest BCUT2D eigenvalue weighted by atomic mass is 10.2. The van der Waals surface area contributed by atoms with Gasteiger partial charge in [-0.15, -0.1) is 0 Å². The fourth-order valence-electron chi connectivity index (χ4n) is 1.39. The Hall–Kier alpha value is -1.84. The van der Waals surface area contributed by atoms with Crippen molar-refractivity contribution in [3.8, 4) is 0 Å². The molecule has 0 fully saturated rings. The highest BCUT2D eigenvalue weighted by Gasteiger charge is 2.07. The lowest BCUT2D eigenvalue weighted by Gasteiger charge is -2.09. The van der Waals surface area contributed by atoms with Gasteiger partial charge in [0.05, 0.1) is 5.69 Å². The number of halogens is 1. The molecule has 4 heteroatoms. The maximum Gasteiger partial charge on any atom is 0.207 e. The topological polar surface area (TPSA) is 29.9 Å². The maximum atomic E-state index is 13.5. The van der Waals surface area contributed by atoms with Gasteiger partial charge in [0.1, 0.15) is 5.82 Å². The number of rotatable bonds is 2. The minimum atomic E-state index is -0.266. The van der Waals surface area contributed by atoms with Crippen LogP contribution in [0.2, 0.25) is 0 Å². The van der Waals surface area contributed by atoms with E-state index in [0.717, 1.165) is 5.56 Å². The molecule has 0 radical (unpaired) electrons. The van der Waals surface area contributed by atoms with Crippen LogP contribution < -0.4 is 5.32 Å². The predicted octanol–water partition coefficient (Wildman–Crippen LogP) is 2.61. The van der Waals surface area contributed by atoms with E-state index in [9.17, 15) is 4.39 Å². The quantitative estimate of drug-likeness (QED) is 0.816. The third-order valence-electron chi connectivity index (χ3n) is 2.28. The molecule has 0 amide bonds. The molecule has 0 aliphatic rings. The summed E-state index contributed by atoms with van der Waals surface area (Å²) in [7, 11) is 1.85. The largest absolute Gasteiger partial charge is 0.323 e. The summed E-state index contributed by atoms with van der Waals surface area (Å²) in [4.78, 5) is 4.08. The molecular weight excluding hydrogens is 193 g/mol. The normalized spacial score (nSPS) is 10.3. The molecule has 1 aromatic heterocycles. The third kappa shape index (κ3) is 1.83. The number of nitrogens with zero attached hydrogens (tertiary/aromatic N) is 2. The summed E-state index contributed by atoms with van der Waals surface area (Å²) in [5.74, 6) is 0.362. The van der Waals surface area contributed by atoms with Crippen molar-refractivity contribution in [3.05, 3.63) is 42.0 Å². The zero-order chi connectivity index (χ0) is 10.8. The summed E-state index contributed by atoms with van der Waals surface area (Å²) in [6.07, 6.45) is 3.47. The lowest BCUT2D eigenvalue weighted by molar-refractivity contribution is 0.630. The lowest BCUT2D eigenvalue weighted by Crippen LogP contribution is -2.02. The number of hydrogen-bond donors (Lipinski definition) is 1. The molecule has 0 aliphatic heterocycles. The molecule has 15 heavy (non-hydrogen) atoms. The Morgan fingerprint density at radius 2 is 2.20 bits per heavy atom. The average Bonchev–Trinajstić information content (AvgIpc) is 2.58. The van der Waals surface area contributed by atoms with Crippen LogP contribution in [-0.4, -0.2) is 9.55 Å². The van der Waals surface area contributed by atoms with E-state index in [0.29, 0.717) is 11.6 Å². The van der Waals surface area contributed by atoms with Crippen molar-refractivity contribution < 1.29 is 4.39 Å². The van der Waals surface area contributed by atoms with E-state index in [4.69, 9.17) is 0 Å². The van der Waals surface area contributed by atoms with Crippen LogP contribution >= 0.6 is 0 Å². The highest BCUT2D eigenvalue weighted by molar-refractivity contribution is 5.59. The van der Waals surface area contributed by atoms with Crippen LogP contribution in [0.25, 0.3) is 0 Å². The second kappa shape index (κ2) is 3.73.